The summed E-state index contributed by atoms with van der Waals surface area (Å²) in [6.45, 7) is 7.24. The van der Waals surface area contributed by atoms with Crippen molar-refractivity contribution in [1.29, 1.82) is 0 Å². The summed E-state index contributed by atoms with van der Waals surface area (Å²) in [4.78, 5) is 24.5. The number of hydrogen-bond acceptors (Lipinski definition) is 4. The van der Waals surface area contributed by atoms with E-state index in [1.165, 1.54) is 14.0 Å². The van der Waals surface area contributed by atoms with E-state index < -0.39 is 5.91 Å². The molecular weight excluding hydrogens is 356 g/mol. The molecule has 0 unspecified atom stereocenters. The van der Waals surface area contributed by atoms with Crippen LogP contribution in [-0.2, 0) is 9.59 Å². The van der Waals surface area contributed by atoms with E-state index in [1.807, 2.05) is 32.9 Å². The Morgan fingerprint density at radius 2 is 1.54 bits per heavy atom. The number of anilines is 1. The van der Waals surface area contributed by atoms with Crippen molar-refractivity contribution in [1.82, 2.24) is 5.32 Å². The van der Waals surface area contributed by atoms with Crippen LogP contribution in [0, 0.1) is 20.8 Å². The Morgan fingerprint density at radius 3 is 2.07 bits per heavy atom. The minimum Gasteiger partial charge on any atom is -0.493 e. The topological polar surface area (TPSA) is 76.7 Å². The second-order valence-electron chi connectivity index (χ2n) is 6.58. The predicted octanol–water partition coefficient (Wildman–Crippen LogP) is 3.74. The molecule has 148 valence electrons. The van der Waals surface area contributed by atoms with Gasteiger partial charge in [-0.3, -0.25) is 9.59 Å². The summed E-state index contributed by atoms with van der Waals surface area (Å²) in [7, 11) is 3.09. The van der Waals surface area contributed by atoms with Gasteiger partial charge in [0.05, 0.1) is 14.2 Å². The van der Waals surface area contributed by atoms with Crippen LogP contribution in [0.25, 0.3) is 6.08 Å². The van der Waals surface area contributed by atoms with E-state index in [9.17, 15) is 9.59 Å². The normalized spacial score (nSPS) is 11.0. The molecule has 6 heteroatoms. The Morgan fingerprint density at radius 1 is 0.929 bits per heavy atom. The number of carbonyl (C=O) groups excluding carboxylic acids is 2. The van der Waals surface area contributed by atoms with Crippen LogP contribution in [0.4, 0.5) is 5.69 Å². The second kappa shape index (κ2) is 9.08. The highest BCUT2D eigenvalue weighted by atomic mass is 16.5. The van der Waals surface area contributed by atoms with Crippen LogP contribution in [0.5, 0.6) is 11.5 Å². The van der Waals surface area contributed by atoms with Crippen LogP contribution < -0.4 is 20.1 Å². The first-order valence-electron chi connectivity index (χ1n) is 8.85. The number of methoxy groups -OCH3 is 2. The molecule has 2 aromatic rings. The molecule has 6 nitrogen and oxygen atoms in total. The maximum atomic E-state index is 12.9. The van der Waals surface area contributed by atoms with Gasteiger partial charge < -0.3 is 20.1 Å². The first-order chi connectivity index (χ1) is 13.2. The van der Waals surface area contributed by atoms with Gasteiger partial charge >= 0.3 is 0 Å². The fraction of sp³-hybridized carbons (Fsp3) is 0.273. The molecule has 0 saturated carbocycles. The Hall–Kier alpha value is -3.28. The Labute approximate surface area is 165 Å². The molecule has 0 atom stereocenters. The average Bonchev–Trinajstić information content (AvgIpc) is 2.63. The lowest BCUT2D eigenvalue weighted by molar-refractivity contribution is -0.120. The van der Waals surface area contributed by atoms with Gasteiger partial charge in [0, 0.05) is 12.6 Å². The molecule has 0 fully saturated rings. The van der Waals surface area contributed by atoms with Crippen molar-refractivity contribution in [3.05, 3.63) is 58.3 Å². The quantitative estimate of drug-likeness (QED) is 0.746. The number of hydrogen-bond donors (Lipinski definition) is 2. The van der Waals surface area contributed by atoms with E-state index in [4.69, 9.17) is 9.47 Å². The van der Waals surface area contributed by atoms with E-state index in [1.54, 1.807) is 31.4 Å². The van der Waals surface area contributed by atoms with Crippen LogP contribution in [0.15, 0.2) is 36.0 Å². The van der Waals surface area contributed by atoms with Crippen LogP contribution in [0.2, 0.25) is 0 Å². The summed E-state index contributed by atoms with van der Waals surface area (Å²) in [5, 5.41) is 5.51. The van der Waals surface area contributed by atoms with Gasteiger partial charge in [-0.25, -0.2) is 0 Å². The fourth-order valence-electron chi connectivity index (χ4n) is 3.02. The third-order valence-electron chi connectivity index (χ3n) is 4.19. The standard InChI is InChI=1S/C22H26N2O4/c1-13-9-14(2)21(15(3)10-13)24-22(26)18(23-16(4)25)11-17-7-8-19(27-5)20(12-17)28-6/h7-12H,1-6H3,(H,23,25)(H,24,26). The molecule has 0 aromatic heterocycles. The average molecular weight is 382 g/mol. The van der Waals surface area contributed by atoms with E-state index in [-0.39, 0.29) is 11.6 Å². The third kappa shape index (κ3) is 5.13. The predicted molar refractivity (Wildman–Crippen MR) is 111 cm³/mol. The van der Waals surface area contributed by atoms with Gasteiger partial charge in [-0.05, 0) is 55.7 Å². The van der Waals surface area contributed by atoms with Crippen molar-refractivity contribution < 1.29 is 19.1 Å². The minimum absolute atomic E-state index is 0.138. The Kier molecular flexibility index (Phi) is 6.82. The number of benzene rings is 2. The zero-order valence-corrected chi connectivity index (χ0v) is 17.1. The summed E-state index contributed by atoms with van der Waals surface area (Å²) in [5.74, 6) is 0.374. The molecule has 28 heavy (non-hydrogen) atoms. The van der Waals surface area contributed by atoms with Gasteiger partial charge in [0.1, 0.15) is 5.70 Å². The minimum atomic E-state index is -0.403. The summed E-state index contributed by atoms with van der Waals surface area (Å²) in [6.07, 6.45) is 1.59. The first-order valence-corrected chi connectivity index (χ1v) is 8.85. The Balaban J connectivity index is 2.39. The Bertz CT molecular complexity index is 909. The van der Waals surface area contributed by atoms with Gasteiger partial charge in [-0.2, -0.15) is 0 Å². The number of nitrogens with one attached hydrogen (secondary N) is 2. The lowest BCUT2D eigenvalue weighted by Gasteiger charge is -2.15. The fourth-order valence-corrected chi connectivity index (χ4v) is 3.02. The van der Waals surface area contributed by atoms with E-state index in [0.29, 0.717) is 17.1 Å². The molecule has 0 aliphatic carbocycles. The van der Waals surface area contributed by atoms with Crippen molar-refractivity contribution in [2.45, 2.75) is 27.7 Å². The molecule has 2 aromatic carbocycles. The monoisotopic (exact) mass is 382 g/mol. The smallest absolute Gasteiger partial charge is 0.272 e. The van der Waals surface area contributed by atoms with Gasteiger partial charge in [-0.15, -0.1) is 0 Å². The van der Waals surface area contributed by atoms with E-state index in [2.05, 4.69) is 10.6 Å². The number of ether oxygens (including phenoxy) is 2. The van der Waals surface area contributed by atoms with Crippen LogP contribution in [-0.4, -0.2) is 26.0 Å². The van der Waals surface area contributed by atoms with Crippen molar-refractivity contribution in [3.63, 3.8) is 0 Å². The third-order valence-corrected chi connectivity index (χ3v) is 4.19. The maximum Gasteiger partial charge on any atom is 0.272 e. The highest BCUT2D eigenvalue weighted by molar-refractivity contribution is 6.09. The number of carbonyl (C=O) groups is 2. The summed E-state index contributed by atoms with van der Waals surface area (Å²) in [5.41, 5.74) is 4.60. The largest absolute Gasteiger partial charge is 0.493 e. The van der Waals surface area contributed by atoms with Crippen molar-refractivity contribution in [2.75, 3.05) is 19.5 Å². The molecule has 0 saturated heterocycles. The van der Waals surface area contributed by atoms with Crippen molar-refractivity contribution in [2.24, 2.45) is 0 Å². The van der Waals surface area contributed by atoms with Crippen molar-refractivity contribution in [3.8, 4) is 11.5 Å². The summed E-state index contributed by atoms with van der Waals surface area (Å²) >= 11 is 0. The number of amides is 2. The zero-order chi connectivity index (χ0) is 20.8. The van der Waals surface area contributed by atoms with Crippen LogP contribution in [0.1, 0.15) is 29.2 Å². The van der Waals surface area contributed by atoms with Gasteiger partial charge in [0.25, 0.3) is 5.91 Å². The summed E-state index contributed by atoms with van der Waals surface area (Å²) in [6, 6.07) is 9.24. The zero-order valence-electron chi connectivity index (χ0n) is 17.1. The molecule has 2 rings (SSSR count). The number of rotatable bonds is 6. The van der Waals surface area contributed by atoms with Gasteiger partial charge in [0.15, 0.2) is 11.5 Å². The SMILES string of the molecule is COc1ccc(C=C(NC(C)=O)C(=O)Nc2c(C)cc(C)cc2C)cc1OC. The lowest BCUT2D eigenvalue weighted by atomic mass is 10.0. The molecule has 0 aliphatic rings. The molecule has 0 heterocycles. The number of aryl methyl sites for hydroxylation is 3. The van der Waals surface area contributed by atoms with E-state index in [0.717, 1.165) is 22.4 Å². The second-order valence-corrected chi connectivity index (χ2v) is 6.58. The molecule has 0 bridgehead atoms. The lowest BCUT2D eigenvalue weighted by Crippen LogP contribution is -2.29. The molecule has 2 amide bonds. The van der Waals surface area contributed by atoms with Crippen molar-refractivity contribution >= 4 is 23.6 Å². The molecule has 2 N–H and O–H groups in total. The maximum absolute atomic E-state index is 12.9. The van der Waals surface area contributed by atoms with Gasteiger partial charge in [-0.1, -0.05) is 23.8 Å². The van der Waals surface area contributed by atoms with Crippen LogP contribution in [0.3, 0.4) is 0 Å². The van der Waals surface area contributed by atoms with Crippen LogP contribution >= 0.6 is 0 Å². The molecule has 0 aliphatic heterocycles. The highest BCUT2D eigenvalue weighted by Gasteiger charge is 2.15. The first kappa shape index (κ1) is 21.0. The molecular formula is C22H26N2O4. The van der Waals surface area contributed by atoms with E-state index >= 15 is 0 Å². The molecule has 0 radical (unpaired) electrons. The summed E-state index contributed by atoms with van der Waals surface area (Å²) < 4.78 is 10.5. The highest BCUT2D eigenvalue weighted by Crippen LogP contribution is 2.28. The van der Waals surface area contributed by atoms with Gasteiger partial charge in [0.2, 0.25) is 5.91 Å². The molecule has 0 spiro atoms.